The summed E-state index contributed by atoms with van der Waals surface area (Å²) in [6, 6.07) is 7.31. The summed E-state index contributed by atoms with van der Waals surface area (Å²) in [6.07, 6.45) is -0.172. The summed E-state index contributed by atoms with van der Waals surface area (Å²) in [7, 11) is 0. The Kier molecular flexibility index (Phi) is 5.50. The molecule has 0 bridgehead atoms. The van der Waals surface area contributed by atoms with Gasteiger partial charge in [-0.1, -0.05) is 41.4 Å². The van der Waals surface area contributed by atoms with E-state index in [-0.39, 0.29) is 18.2 Å². The molecule has 0 unspecified atom stereocenters. The zero-order valence-corrected chi connectivity index (χ0v) is 17.0. The second-order valence-electron chi connectivity index (χ2n) is 7.04. The maximum Gasteiger partial charge on any atom is 0.436 e. The van der Waals surface area contributed by atoms with Crippen molar-refractivity contribution in [3.63, 3.8) is 0 Å². The fraction of sp³-hybridized carbons (Fsp3) is 0.316. The third-order valence-corrected chi connectivity index (χ3v) is 5.41. The molecule has 0 saturated heterocycles. The molecule has 2 heterocycles. The molecule has 0 radical (unpaired) electrons. The Bertz CT molecular complexity index is 1090. The number of aromatic nitrogens is 4. The Morgan fingerprint density at radius 2 is 1.97 bits per heavy atom. The van der Waals surface area contributed by atoms with Crippen molar-refractivity contribution < 1.29 is 18.0 Å². The van der Waals surface area contributed by atoms with Crippen molar-refractivity contribution in [1.82, 2.24) is 19.6 Å². The molecule has 1 N–H and O–H groups in total. The fourth-order valence-corrected chi connectivity index (χ4v) is 3.75. The van der Waals surface area contributed by atoms with Gasteiger partial charge in [-0.25, -0.2) is 0 Å². The number of hydrogen-bond acceptors (Lipinski definition) is 3. The molecule has 6 nitrogen and oxygen atoms in total. The highest BCUT2D eigenvalue weighted by atomic mass is 35.5. The number of alkyl halides is 3. The van der Waals surface area contributed by atoms with Crippen LogP contribution in [0.1, 0.15) is 35.7 Å². The molecule has 0 atom stereocenters. The Morgan fingerprint density at radius 1 is 1.23 bits per heavy atom. The van der Waals surface area contributed by atoms with Crippen LogP contribution in [0.15, 0.2) is 36.7 Å². The lowest BCUT2D eigenvalue weighted by molar-refractivity contribution is -0.141. The second kappa shape index (κ2) is 7.96. The highest BCUT2D eigenvalue weighted by molar-refractivity contribution is 6.32. The Labute approximate surface area is 179 Å². The summed E-state index contributed by atoms with van der Waals surface area (Å²) < 4.78 is 42.1. The molecule has 1 aliphatic rings. The summed E-state index contributed by atoms with van der Waals surface area (Å²) in [6.45, 7) is 0.0302. The first-order chi connectivity index (χ1) is 14.2. The first-order valence-electron chi connectivity index (χ1n) is 9.11. The Hall–Kier alpha value is -2.52. The van der Waals surface area contributed by atoms with Gasteiger partial charge in [0.25, 0.3) is 0 Å². The predicted octanol–water partition coefficient (Wildman–Crippen LogP) is 4.97. The van der Waals surface area contributed by atoms with Crippen LogP contribution in [0, 0.1) is 0 Å². The summed E-state index contributed by atoms with van der Waals surface area (Å²) in [4.78, 5) is 12.4. The number of benzene rings is 1. The molecule has 1 aromatic carbocycles. The van der Waals surface area contributed by atoms with Crippen molar-refractivity contribution in [2.75, 3.05) is 5.32 Å². The van der Waals surface area contributed by atoms with Crippen LogP contribution in [0.3, 0.4) is 0 Å². The van der Waals surface area contributed by atoms with Gasteiger partial charge < -0.3 is 5.32 Å². The number of nitrogens with one attached hydrogen (secondary N) is 1. The van der Waals surface area contributed by atoms with Gasteiger partial charge in [-0.05, 0) is 24.5 Å². The first kappa shape index (κ1) is 20.7. The van der Waals surface area contributed by atoms with E-state index in [1.54, 1.807) is 16.9 Å². The molecule has 1 fully saturated rings. The third kappa shape index (κ3) is 4.46. The summed E-state index contributed by atoms with van der Waals surface area (Å²) in [5, 5.41) is 10.5. The normalized spacial score (nSPS) is 14.2. The molecule has 2 aromatic heterocycles. The van der Waals surface area contributed by atoms with Crippen LogP contribution in [-0.4, -0.2) is 25.5 Å². The molecule has 0 aliphatic heterocycles. The number of hydrogen-bond donors (Lipinski definition) is 1. The van der Waals surface area contributed by atoms with Crippen LogP contribution >= 0.6 is 23.2 Å². The van der Waals surface area contributed by atoms with Crippen LogP contribution in [0.4, 0.5) is 18.9 Å². The SMILES string of the molecule is O=C(Cn1nc(C(F)(F)F)c(Cl)c1C1CC1)Nc1cnn(Cc2ccccc2Cl)c1. The van der Waals surface area contributed by atoms with E-state index in [9.17, 15) is 18.0 Å². The first-order valence-corrected chi connectivity index (χ1v) is 9.87. The summed E-state index contributed by atoms with van der Waals surface area (Å²) in [5.41, 5.74) is 0.370. The average molecular weight is 458 g/mol. The average Bonchev–Trinajstić information content (AvgIpc) is 3.31. The van der Waals surface area contributed by atoms with Crippen molar-refractivity contribution in [3.05, 3.63) is 63.7 Å². The quantitative estimate of drug-likeness (QED) is 0.568. The van der Waals surface area contributed by atoms with Crippen molar-refractivity contribution in [2.24, 2.45) is 0 Å². The highest BCUT2D eigenvalue weighted by Crippen LogP contribution is 2.46. The fourth-order valence-electron chi connectivity index (χ4n) is 3.15. The number of amides is 1. The van der Waals surface area contributed by atoms with Gasteiger partial charge in [0.15, 0.2) is 5.69 Å². The molecule has 1 saturated carbocycles. The van der Waals surface area contributed by atoms with Gasteiger partial charge in [-0.2, -0.15) is 23.4 Å². The van der Waals surface area contributed by atoms with Gasteiger partial charge in [-0.3, -0.25) is 14.2 Å². The number of carbonyl (C=O) groups is 1. The van der Waals surface area contributed by atoms with E-state index in [0.717, 1.165) is 23.1 Å². The number of carbonyl (C=O) groups excluding carboxylic acids is 1. The van der Waals surface area contributed by atoms with E-state index in [1.807, 2.05) is 18.2 Å². The Morgan fingerprint density at radius 3 is 2.63 bits per heavy atom. The predicted molar refractivity (Wildman–Crippen MR) is 106 cm³/mol. The zero-order valence-electron chi connectivity index (χ0n) is 15.5. The van der Waals surface area contributed by atoms with Crippen LogP contribution in [0.5, 0.6) is 0 Å². The Balaban J connectivity index is 1.46. The highest BCUT2D eigenvalue weighted by Gasteiger charge is 2.42. The lowest BCUT2D eigenvalue weighted by Crippen LogP contribution is -2.21. The van der Waals surface area contributed by atoms with Crippen molar-refractivity contribution in [2.45, 2.75) is 38.0 Å². The number of nitrogens with zero attached hydrogens (tertiary/aromatic N) is 4. The van der Waals surface area contributed by atoms with Crippen LogP contribution < -0.4 is 5.32 Å². The second-order valence-corrected chi connectivity index (χ2v) is 7.83. The molecular formula is C19H16Cl2F3N5O. The molecular weight excluding hydrogens is 442 g/mol. The topological polar surface area (TPSA) is 64.7 Å². The number of anilines is 1. The van der Waals surface area contributed by atoms with Crippen LogP contribution in [0.2, 0.25) is 10.0 Å². The van der Waals surface area contributed by atoms with E-state index >= 15 is 0 Å². The van der Waals surface area contributed by atoms with Crippen molar-refractivity contribution in [3.8, 4) is 0 Å². The smallest absolute Gasteiger partial charge is 0.322 e. The standard InChI is InChI=1S/C19H16Cl2F3N5O/c20-14-4-2-1-3-12(14)8-28-9-13(7-25-28)26-15(30)10-29-17(11-5-6-11)16(21)18(27-29)19(22,23)24/h1-4,7,9,11H,5-6,8,10H2,(H,26,30). The lowest BCUT2D eigenvalue weighted by atomic mass is 10.2. The molecule has 3 aromatic rings. The summed E-state index contributed by atoms with van der Waals surface area (Å²) in [5.74, 6) is -0.630. The maximum atomic E-state index is 13.1. The van der Waals surface area contributed by atoms with E-state index < -0.39 is 22.8 Å². The monoisotopic (exact) mass is 457 g/mol. The minimum atomic E-state index is -4.68. The molecule has 158 valence electrons. The van der Waals surface area contributed by atoms with Crippen LogP contribution in [-0.2, 0) is 24.1 Å². The van der Waals surface area contributed by atoms with Crippen molar-refractivity contribution in [1.29, 1.82) is 0 Å². The van der Waals surface area contributed by atoms with Crippen LogP contribution in [0.25, 0.3) is 0 Å². The zero-order chi connectivity index (χ0) is 21.5. The number of halogens is 5. The van der Waals surface area contributed by atoms with Gasteiger partial charge in [-0.15, -0.1) is 0 Å². The minimum absolute atomic E-state index is 0.104. The largest absolute Gasteiger partial charge is 0.436 e. The van der Waals surface area contributed by atoms with Gasteiger partial charge in [0.05, 0.1) is 29.1 Å². The van der Waals surface area contributed by atoms with E-state index in [0.29, 0.717) is 17.3 Å². The third-order valence-electron chi connectivity index (χ3n) is 4.66. The minimum Gasteiger partial charge on any atom is -0.322 e. The van der Waals surface area contributed by atoms with E-state index in [2.05, 4.69) is 15.5 Å². The molecule has 4 rings (SSSR count). The van der Waals surface area contributed by atoms with Gasteiger partial charge >= 0.3 is 6.18 Å². The van der Waals surface area contributed by atoms with E-state index in [4.69, 9.17) is 23.2 Å². The molecule has 1 aliphatic carbocycles. The molecule has 30 heavy (non-hydrogen) atoms. The van der Waals surface area contributed by atoms with Crippen molar-refractivity contribution >= 4 is 34.8 Å². The molecule has 1 amide bonds. The van der Waals surface area contributed by atoms with Gasteiger partial charge in [0.1, 0.15) is 6.54 Å². The van der Waals surface area contributed by atoms with E-state index in [1.165, 1.54) is 6.20 Å². The van der Waals surface area contributed by atoms with Gasteiger partial charge in [0.2, 0.25) is 5.91 Å². The maximum absolute atomic E-state index is 13.1. The molecule has 11 heteroatoms. The van der Waals surface area contributed by atoms with Gasteiger partial charge in [0, 0.05) is 17.1 Å². The lowest BCUT2D eigenvalue weighted by Gasteiger charge is -2.07. The molecule has 0 spiro atoms. The summed E-state index contributed by atoms with van der Waals surface area (Å²) >= 11 is 12.1. The number of rotatable bonds is 6.